The molecule has 5 heteroatoms. The van der Waals surface area contributed by atoms with E-state index >= 15 is 0 Å². The highest BCUT2D eigenvalue weighted by molar-refractivity contribution is 7.80. The zero-order chi connectivity index (χ0) is 14.1. The summed E-state index contributed by atoms with van der Waals surface area (Å²) >= 11 is 5.07. The smallest absolute Gasteiger partial charge is 0.186 e. The quantitative estimate of drug-likeness (QED) is 0.477. The predicted octanol–water partition coefficient (Wildman–Crippen LogP) is 3.20. The van der Waals surface area contributed by atoms with Gasteiger partial charge in [0.1, 0.15) is 5.82 Å². The number of unbranched alkanes of at least 4 members (excludes halogenated alkanes) is 1. The van der Waals surface area contributed by atoms with Crippen molar-refractivity contribution in [2.45, 2.75) is 33.1 Å². The molecule has 2 N–H and O–H groups in total. The first-order valence-corrected chi connectivity index (χ1v) is 6.94. The number of nitrogens with zero attached hydrogens (tertiary/aromatic N) is 1. The van der Waals surface area contributed by atoms with Crippen LogP contribution in [0.1, 0.15) is 38.7 Å². The van der Waals surface area contributed by atoms with E-state index in [9.17, 15) is 4.39 Å². The van der Waals surface area contributed by atoms with Crippen molar-refractivity contribution in [1.29, 1.82) is 0 Å². The summed E-state index contributed by atoms with van der Waals surface area (Å²) in [7, 11) is 0. The fourth-order valence-corrected chi connectivity index (χ4v) is 1.76. The van der Waals surface area contributed by atoms with Gasteiger partial charge in [-0.3, -0.25) is 5.43 Å². The van der Waals surface area contributed by atoms with E-state index < -0.39 is 0 Å². The van der Waals surface area contributed by atoms with E-state index in [0.29, 0.717) is 5.11 Å². The van der Waals surface area contributed by atoms with Crippen LogP contribution in [0.15, 0.2) is 29.4 Å². The molecule has 3 nitrogen and oxygen atoms in total. The Balaban J connectivity index is 2.78. The summed E-state index contributed by atoms with van der Waals surface area (Å²) in [4.78, 5) is 0. The summed E-state index contributed by atoms with van der Waals surface area (Å²) in [5, 5.41) is 7.79. The van der Waals surface area contributed by atoms with Gasteiger partial charge in [0, 0.05) is 6.54 Å². The molecule has 0 bridgehead atoms. The summed E-state index contributed by atoms with van der Waals surface area (Å²) in [6.07, 6.45) is 2.95. The first-order chi connectivity index (χ1) is 9.17. The molecule has 0 aromatic heterocycles. The molecule has 0 heterocycles. The molecule has 0 fully saturated rings. The fourth-order valence-electron chi connectivity index (χ4n) is 1.57. The van der Waals surface area contributed by atoms with E-state index in [-0.39, 0.29) is 5.82 Å². The molecule has 0 radical (unpaired) electrons. The van der Waals surface area contributed by atoms with Crippen LogP contribution in [0.4, 0.5) is 4.39 Å². The van der Waals surface area contributed by atoms with Gasteiger partial charge in [0.15, 0.2) is 5.11 Å². The number of hydrogen-bond donors (Lipinski definition) is 2. The van der Waals surface area contributed by atoms with E-state index in [4.69, 9.17) is 12.2 Å². The van der Waals surface area contributed by atoms with Crippen molar-refractivity contribution in [3.05, 3.63) is 35.6 Å². The lowest BCUT2D eigenvalue weighted by molar-refractivity contribution is 0.627. The van der Waals surface area contributed by atoms with Gasteiger partial charge in [0.2, 0.25) is 0 Å². The average Bonchev–Trinajstić information content (AvgIpc) is 2.40. The van der Waals surface area contributed by atoms with Crippen molar-refractivity contribution in [1.82, 2.24) is 10.7 Å². The second kappa shape index (κ2) is 8.58. The van der Waals surface area contributed by atoms with E-state index in [0.717, 1.165) is 37.1 Å². The molecule has 104 valence electrons. The van der Waals surface area contributed by atoms with Crippen LogP contribution in [-0.4, -0.2) is 17.4 Å². The molecular weight excluding hydrogens is 261 g/mol. The summed E-state index contributed by atoms with van der Waals surface area (Å²) in [5.74, 6) is -0.241. The molecule has 0 saturated heterocycles. The SMILES string of the molecule is CCCC/C(=N/NC(=S)NCC)c1ccc(F)cc1. The molecule has 0 unspecified atom stereocenters. The van der Waals surface area contributed by atoms with Crippen LogP contribution < -0.4 is 10.7 Å². The van der Waals surface area contributed by atoms with Crippen LogP contribution in [0.2, 0.25) is 0 Å². The normalized spacial score (nSPS) is 11.2. The van der Waals surface area contributed by atoms with Gasteiger partial charge in [-0.05, 0) is 49.7 Å². The maximum atomic E-state index is 12.9. The van der Waals surface area contributed by atoms with Gasteiger partial charge < -0.3 is 5.32 Å². The maximum Gasteiger partial charge on any atom is 0.186 e. The van der Waals surface area contributed by atoms with E-state index in [2.05, 4.69) is 22.8 Å². The van der Waals surface area contributed by atoms with Crippen LogP contribution in [-0.2, 0) is 0 Å². The van der Waals surface area contributed by atoms with E-state index in [1.807, 2.05) is 6.92 Å². The third-order valence-electron chi connectivity index (χ3n) is 2.57. The van der Waals surface area contributed by atoms with Crippen LogP contribution in [0, 0.1) is 5.82 Å². The maximum absolute atomic E-state index is 12.9. The molecule has 0 spiro atoms. The average molecular weight is 281 g/mol. The van der Waals surface area contributed by atoms with Gasteiger partial charge >= 0.3 is 0 Å². The van der Waals surface area contributed by atoms with Crippen molar-refractivity contribution in [2.75, 3.05) is 6.54 Å². The Morgan fingerprint density at radius 1 is 1.26 bits per heavy atom. The monoisotopic (exact) mass is 281 g/mol. The lowest BCUT2D eigenvalue weighted by atomic mass is 10.1. The molecule has 0 amide bonds. The number of halogens is 1. The summed E-state index contributed by atoms with van der Waals surface area (Å²) in [6, 6.07) is 6.36. The highest BCUT2D eigenvalue weighted by Gasteiger charge is 2.04. The number of hydrazone groups is 1. The number of hydrogen-bond acceptors (Lipinski definition) is 2. The first kappa shape index (κ1) is 15.6. The summed E-state index contributed by atoms with van der Waals surface area (Å²) in [6.45, 7) is 4.84. The van der Waals surface area contributed by atoms with Gasteiger partial charge in [-0.1, -0.05) is 25.5 Å². The highest BCUT2D eigenvalue weighted by Crippen LogP contribution is 2.09. The summed E-state index contributed by atoms with van der Waals surface area (Å²) < 4.78 is 12.9. The molecule has 1 rings (SSSR count). The molecular formula is C14H20FN3S. The molecule has 0 aliphatic rings. The lowest BCUT2D eigenvalue weighted by Crippen LogP contribution is -2.32. The molecule has 0 saturated carbocycles. The Kier molecular flexibility index (Phi) is 7.03. The van der Waals surface area contributed by atoms with Crippen molar-refractivity contribution in [2.24, 2.45) is 5.10 Å². The van der Waals surface area contributed by atoms with Gasteiger partial charge in [-0.2, -0.15) is 5.10 Å². The number of rotatable bonds is 6. The Morgan fingerprint density at radius 3 is 2.53 bits per heavy atom. The van der Waals surface area contributed by atoms with Crippen LogP contribution >= 0.6 is 12.2 Å². The standard InChI is InChI=1S/C14H20FN3S/c1-3-5-6-13(17-18-14(19)16-4-2)11-7-9-12(15)10-8-11/h7-10H,3-6H2,1-2H3,(H2,16,18,19)/b17-13-. The third kappa shape index (κ3) is 5.79. The predicted molar refractivity (Wildman–Crippen MR) is 81.9 cm³/mol. The Hall–Kier alpha value is -1.49. The topological polar surface area (TPSA) is 36.4 Å². The van der Waals surface area contributed by atoms with Crippen LogP contribution in [0.5, 0.6) is 0 Å². The minimum absolute atomic E-state index is 0.241. The first-order valence-electron chi connectivity index (χ1n) is 6.53. The zero-order valence-electron chi connectivity index (χ0n) is 11.4. The van der Waals surface area contributed by atoms with Gasteiger partial charge in [-0.25, -0.2) is 4.39 Å². The molecule has 1 aromatic carbocycles. The third-order valence-corrected chi connectivity index (χ3v) is 2.81. The second-order valence-electron chi connectivity index (χ2n) is 4.14. The molecule has 0 atom stereocenters. The molecule has 19 heavy (non-hydrogen) atoms. The summed E-state index contributed by atoms with van der Waals surface area (Å²) in [5.41, 5.74) is 4.63. The van der Waals surface area contributed by atoms with Gasteiger partial charge in [0.05, 0.1) is 5.71 Å². The Bertz CT molecular complexity index is 429. The van der Waals surface area contributed by atoms with Crippen molar-refractivity contribution in [3.63, 3.8) is 0 Å². The Morgan fingerprint density at radius 2 is 1.95 bits per heavy atom. The molecule has 0 aliphatic heterocycles. The van der Waals surface area contributed by atoms with Crippen molar-refractivity contribution < 1.29 is 4.39 Å². The number of benzene rings is 1. The lowest BCUT2D eigenvalue weighted by Gasteiger charge is -2.09. The number of thiocarbonyl (C=S) groups is 1. The highest BCUT2D eigenvalue weighted by atomic mass is 32.1. The minimum atomic E-state index is -0.241. The van der Waals surface area contributed by atoms with E-state index in [1.165, 1.54) is 12.1 Å². The van der Waals surface area contributed by atoms with Gasteiger partial charge in [0.25, 0.3) is 0 Å². The fraction of sp³-hybridized carbons (Fsp3) is 0.429. The largest absolute Gasteiger partial charge is 0.362 e. The van der Waals surface area contributed by atoms with Crippen molar-refractivity contribution >= 4 is 23.0 Å². The molecule has 0 aliphatic carbocycles. The second-order valence-corrected chi connectivity index (χ2v) is 4.55. The molecule has 1 aromatic rings. The van der Waals surface area contributed by atoms with Crippen molar-refractivity contribution in [3.8, 4) is 0 Å². The Labute approximate surface area is 119 Å². The van der Waals surface area contributed by atoms with Gasteiger partial charge in [-0.15, -0.1) is 0 Å². The zero-order valence-corrected chi connectivity index (χ0v) is 12.2. The van der Waals surface area contributed by atoms with E-state index in [1.54, 1.807) is 12.1 Å². The van der Waals surface area contributed by atoms with Crippen LogP contribution in [0.25, 0.3) is 0 Å². The number of nitrogens with one attached hydrogen (secondary N) is 2. The van der Waals surface area contributed by atoms with Crippen LogP contribution in [0.3, 0.4) is 0 Å². The minimum Gasteiger partial charge on any atom is -0.362 e.